The van der Waals surface area contributed by atoms with Gasteiger partial charge in [0.2, 0.25) is 10.0 Å². The maximum absolute atomic E-state index is 11.3. The predicted molar refractivity (Wildman–Crippen MR) is 48.2 cm³/mol. The minimum absolute atomic E-state index is 0.0841. The monoisotopic (exact) mass is 192 g/mol. The van der Waals surface area contributed by atoms with E-state index in [-0.39, 0.29) is 6.04 Å². The molecule has 12 heavy (non-hydrogen) atoms. The SMILES string of the molecule is CC(N)CCN1CCCS1(=O)=O. The molecule has 0 bridgehead atoms. The van der Waals surface area contributed by atoms with Crippen LogP contribution in [0.5, 0.6) is 0 Å². The molecule has 2 N–H and O–H groups in total. The third-order valence-electron chi connectivity index (χ3n) is 2.04. The minimum atomic E-state index is -2.90. The van der Waals surface area contributed by atoms with Crippen molar-refractivity contribution in [2.24, 2.45) is 5.73 Å². The molecule has 1 heterocycles. The van der Waals surface area contributed by atoms with E-state index in [0.717, 1.165) is 12.8 Å². The van der Waals surface area contributed by atoms with E-state index in [2.05, 4.69) is 0 Å². The Labute approximate surface area is 73.8 Å². The number of rotatable bonds is 3. The van der Waals surface area contributed by atoms with Crippen LogP contribution in [0.1, 0.15) is 19.8 Å². The highest BCUT2D eigenvalue weighted by Gasteiger charge is 2.27. The van der Waals surface area contributed by atoms with Gasteiger partial charge >= 0.3 is 0 Å². The zero-order valence-corrected chi connectivity index (χ0v) is 8.18. The van der Waals surface area contributed by atoms with Gasteiger partial charge in [-0.2, -0.15) is 0 Å². The molecule has 0 aromatic rings. The van der Waals surface area contributed by atoms with Crippen molar-refractivity contribution in [2.45, 2.75) is 25.8 Å². The summed E-state index contributed by atoms with van der Waals surface area (Å²) in [6.07, 6.45) is 1.51. The van der Waals surface area contributed by atoms with Crippen LogP contribution in [0.2, 0.25) is 0 Å². The average molecular weight is 192 g/mol. The van der Waals surface area contributed by atoms with Gasteiger partial charge in [-0.05, 0) is 19.8 Å². The van der Waals surface area contributed by atoms with Gasteiger partial charge in [-0.15, -0.1) is 0 Å². The van der Waals surface area contributed by atoms with E-state index < -0.39 is 10.0 Å². The minimum Gasteiger partial charge on any atom is -0.328 e. The first-order valence-electron chi connectivity index (χ1n) is 4.26. The molecule has 0 aromatic heterocycles. The maximum Gasteiger partial charge on any atom is 0.214 e. The largest absolute Gasteiger partial charge is 0.328 e. The Kier molecular flexibility index (Phi) is 3.09. The Balaban J connectivity index is 2.43. The van der Waals surface area contributed by atoms with Crippen molar-refractivity contribution in [3.05, 3.63) is 0 Å². The molecule has 0 aromatic carbocycles. The van der Waals surface area contributed by atoms with E-state index in [0.29, 0.717) is 18.8 Å². The van der Waals surface area contributed by atoms with Gasteiger partial charge in [0.1, 0.15) is 0 Å². The molecule has 72 valence electrons. The third-order valence-corrected chi connectivity index (χ3v) is 3.99. The summed E-state index contributed by atoms with van der Waals surface area (Å²) in [5.41, 5.74) is 5.54. The number of nitrogens with two attached hydrogens (primary N) is 1. The van der Waals surface area contributed by atoms with E-state index in [1.165, 1.54) is 4.31 Å². The van der Waals surface area contributed by atoms with E-state index in [1.807, 2.05) is 6.92 Å². The Hall–Kier alpha value is -0.130. The van der Waals surface area contributed by atoms with Gasteiger partial charge in [0.15, 0.2) is 0 Å². The Morgan fingerprint density at radius 1 is 1.58 bits per heavy atom. The molecule has 4 nitrogen and oxygen atoms in total. The molecule has 1 atom stereocenters. The lowest BCUT2D eigenvalue weighted by Gasteiger charge is -2.14. The first-order valence-corrected chi connectivity index (χ1v) is 5.87. The number of hydrogen-bond donors (Lipinski definition) is 1. The van der Waals surface area contributed by atoms with Gasteiger partial charge in [-0.3, -0.25) is 0 Å². The maximum atomic E-state index is 11.3. The van der Waals surface area contributed by atoms with Crippen LogP contribution in [-0.4, -0.2) is 37.6 Å². The Morgan fingerprint density at radius 3 is 2.67 bits per heavy atom. The molecular formula is C7H16N2O2S. The van der Waals surface area contributed by atoms with Crippen molar-refractivity contribution >= 4 is 10.0 Å². The van der Waals surface area contributed by atoms with Crippen LogP contribution in [0.15, 0.2) is 0 Å². The zero-order chi connectivity index (χ0) is 9.19. The average Bonchev–Trinajstić information content (AvgIpc) is 2.25. The van der Waals surface area contributed by atoms with Gasteiger partial charge in [0, 0.05) is 19.1 Å². The van der Waals surface area contributed by atoms with Gasteiger partial charge in [-0.25, -0.2) is 12.7 Å². The summed E-state index contributed by atoms with van der Waals surface area (Å²) >= 11 is 0. The molecule has 0 saturated carbocycles. The number of nitrogens with zero attached hydrogens (tertiary/aromatic N) is 1. The van der Waals surface area contributed by atoms with Crippen LogP contribution < -0.4 is 5.73 Å². The fourth-order valence-corrected chi connectivity index (χ4v) is 2.83. The fraction of sp³-hybridized carbons (Fsp3) is 1.00. The standard InChI is InChI=1S/C7H16N2O2S/c1-7(8)3-5-9-4-2-6-12(9,10)11/h7H,2-6,8H2,1H3. The fourth-order valence-electron chi connectivity index (χ4n) is 1.29. The van der Waals surface area contributed by atoms with Crippen LogP contribution in [0, 0.1) is 0 Å². The van der Waals surface area contributed by atoms with Gasteiger partial charge < -0.3 is 5.73 Å². The van der Waals surface area contributed by atoms with Crippen molar-refractivity contribution < 1.29 is 8.42 Å². The van der Waals surface area contributed by atoms with Gasteiger partial charge in [0.25, 0.3) is 0 Å². The lowest BCUT2D eigenvalue weighted by atomic mass is 10.2. The Morgan fingerprint density at radius 2 is 2.25 bits per heavy atom. The second-order valence-corrected chi connectivity index (χ2v) is 5.42. The van der Waals surface area contributed by atoms with Crippen molar-refractivity contribution in [3.8, 4) is 0 Å². The molecule has 0 spiro atoms. The normalized spacial score (nSPS) is 25.8. The topological polar surface area (TPSA) is 63.4 Å². The summed E-state index contributed by atoms with van der Waals surface area (Å²) < 4.78 is 24.1. The van der Waals surface area contributed by atoms with Gasteiger partial charge in [-0.1, -0.05) is 0 Å². The summed E-state index contributed by atoms with van der Waals surface area (Å²) in [4.78, 5) is 0. The molecule has 1 rings (SSSR count). The molecule has 1 aliphatic heterocycles. The van der Waals surface area contributed by atoms with Crippen LogP contribution in [0.4, 0.5) is 0 Å². The summed E-state index contributed by atoms with van der Waals surface area (Å²) in [7, 11) is -2.90. The molecule has 5 heteroatoms. The zero-order valence-electron chi connectivity index (χ0n) is 7.36. The lowest BCUT2D eigenvalue weighted by Crippen LogP contribution is -2.30. The number of sulfonamides is 1. The second-order valence-electron chi connectivity index (χ2n) is 3.33. The lowest BCUT2D eigenvalue weighted by molar-refractivity contribution is 0.421. The van der Waals surface area contributed by atoms with E-state index in [1.54, 1.807) is 0 Å². The molecule has 1 aliphatic rings. The van der Waals surface area contributed by atoms with E-state index in [9.17, 15) is 8.42 Å². The molecule has 1 unspecified atom stereocenters. The smallest absolute Gasteiger partial charge is 0.214 e. The van der Waals surface area contributed by atoms with Crippen molar-refractivity contribution in [3.63, 3.8) is 0 Å². The first-order chi connectivity index (χ1) is 5.52. The first kappa shape index (κ1) is 9.95. The summed E-state index contributed by atoms with van der Waals surface area (Å²) in [6, 6.07) is 0.0841. The number of hydrogen-bond acceptors (Lipinski definition) is 3. The molecule has 1 saturated heterocycles. The van der Waals surface area contributed by atoms with Crippen LogP contribution in [0.3, 0.4) is 0 Å². The van der Waals surface area contributed by atoms with Crippen LogP contribution in [0.25, 0.3) is 0 Å². The summed E-state index contributed by atoms with van der Waals surface area (Å²) in [5.74, 6) is 0.311. The predicted octanol–water partition coefficient (Wildman–Crippen LogP) is -0.241. The third kappa shape index (κ3) is 2.43. The molecule has 0 aliphatic carbocycles. The quantitative estimate of drug-likeness (QED) is 0.671. The van der Waals surface area contributed by atoms with Gasteiger partial charge in [0.05, 0.1) is 5.75 Å². The molecular weight excluding hydrogens is 176 g/mol. The second kappa shape index (κ2) is 3.72. The molecule has 0 radical (unpaired) electrons. The van der Waals surface area contributed by atoms with E-state index >= 15 is 0 Å². The van der Waals surface area contributed by atoms with Crippen molar-refractivity contribution in [1.82, 2.24) is 4.31 Å². The molecule has 1 fully saturated rings. The highest BCUT2D eigenvalue weighted by atomic mass is 32.2. The summed E-state index contributed by atoms with van der Waals surface area (Å²) in [5, 5.41) is 0. The van der Waals surface area contributed by atoms with Crippen molar-refractivity contribution in [1.29, 1.82) is 0 Å². The molecule has 0 amide bonds. The van der Waals surface area contributed by atoms with Crippen LogP contribution >= 0.6 is 0 Å². The van der Waals surface area contributed by atoms with Crippen molar-refractivity contribution in [2.75, 3.05) is 18.8 Å². The highest BCUT2D eigenvalue weighted by Crippen LogP contribution is 2.13. The van der Waals surface area contributed by atoms with Crippen LogP contribution in [-0.2, 0) is 10.0 Å². The summed E-state index contributed by atoms with van der Waals surface area (Å²) in [6.45, 7) is 3.15. The van der Waals surface area contributed by atoms with E-state index in [4.69, 9.17) is 5.73 Å². The highest BCUT2D eigenvalue weighted by molar-refractivity contribution is 7.89. The Bertz CT molecular complexity index is 236.